The van der Waals surface area contributed by atoms with Crippen molar-refractivity contribution in [1.29, 1.82) is 0 Å². The van der Waals surface area contributed by atoms with Crippen molar-refractivity contribution in [2.75, 3.05) is 25.1 Å². The summed E-state index contributed by atoms with van der Waals surface area (Å²) in [5, 5.41) is 3.86. The maximum atomic E-state index is 12.4. The van der Waals surface area contributed by atoms with Gasteiger partial charge in [-0.1, -0.05) is 47.5 Å². The molecule has 2 aromatic rings. The first-order valence-electron chi connectivity index (χ1n) is 9.67. The van der Waals surface area contributed by atoms with Crippen LogP contribution < -0.4 is 5.32 Å². The van der Waals surface area contributed by atoms with Crippen LogP contribution >= 0.6 is 23.2 Å². The van der Waals surface area contributed by atoms with Gasteiger partial charge in [-0.2, -0.15) is 0 Å². The zero-order valence-corrected chi connectivity index (χ0v) is 18.2. The minimum atomic E-state index is -0.667. The van der Waals surface area contributed by atoms with Crippen LogP contribution in [0.25, 0.3) is 0 Å². The van der Waals surface area contributed by atoms with E-state index in [1.807, 2.05) is 25.1 Å². The van der Waals surface area contributed by atoms with Crippen molar-refractivity contribution in [2.24, 2.45) is 0 Å². The zero-order valence-electron chi connectivity index (χ0n) is 16.7. The van der Waals surface area contributed by atoms with Crippen molar-refractivity contribution >= 4 is 41.4 Å². The van der Waals surface area contributed by atoms with Gasteiger partial charge in [0.1, 0.15) is 6.61 Å². The number of nitrogens with one attached hydrogen (secondary N) is 1. The van der Waals surface area contributed by atoms with E-state index in [4.69, 9.17) is 32.7 Å². The second-order valence-corrected chi connectivity index (χ2v) is 8.09. The summed E-state index contributed by atoms with van der Waals surface area (Å²) < 4.78 is 11.0. The normalized spacial score (nSPS) is 15.3. The van der Waals surface area contributed by atoms with Crippen molar-refractivity contribution in [1.82, 2.24) is 4.90 Å². The van der Waals surface area contributed by atoms with Crippen molar-refractivity contribution in [3.63, 3.8) is 0 Å². The standard InChI is InChI=1S/C22H24Cl2N2O4/c1-16-18(23)7-4-8-20(16)25-21(28)30-14-22(9-11-29-12-10-22)26(15-27)13-17-5-2-3-6-19(17)24/h2-8,15H,9-14H2,1H3,(H,25,28). The van der Waals surface area contributed by atoms with E-state index in [0.717, 1.165) is 17.5 Å². The Bertz CT molecular complexity index is 900. The van der Waals surface area contributed by atoms with Gasteiger partial charge in [-0.05, 0) is 49.1 Å². The molecule has 1 saturated heterocycles. The van der Waals surface area contributed by atoms with Gasteiger partial charge in [0, 0.05) is 35.5 Å². The van der Waals surface area contributed by atoms with Crippen LogP contribution in [0.4, 0.5) is 10.5 Å². The first-order valence-corrected chi connectivity index (χ1v) is 10.4. The van der Waals surface area contributed by atoms with Crippen LogP contribution in [-0.4, -0.2) is 42.8 Å². The van der Waals surface area contributed by atoms with Gasteiger partial charge in [0.2, 0.25) is 6.41 Å². The van der Waals surface area contributed by atoms with Crippen molar-refractivity contribution < 1.29 is 19.1 Å². The fraction of sp³-hybridized carbons (Fsp3) is 0.364. The molecule has 2 aromatic carbocycles. The predicted molar refractivity (Wildman–Crippen MR) is 117 cm³/mol. The number of hydrogen-bond acceptors (Lipinski definition) is 4. The second kappa shape index (κ2) is 10.2. The molecule has 1 N–H and O–H groups in total. The van der Waals surface area contributed by atoms with E-state index in [1.54, 1.807) is 29.2 Å². The molecule has 3 rings (SSSR count). The summed E-state index contributed by atoms with van der Waals surface area (Å²) in [5.74, 6) is 0. The molecule has 30 heavy (non-hydrogen) atoms. The minimum Gasteiger partial charge on any atom is -0.447 e. The average Bonchev–Trinajstić information content (AvgIpc) is 2.75. The first-order chi connectivity index (χ1) is 14.4. The van der Waals surface area contributed by atoms with Crippen LogP contribution in [0.15, 0.2) is 42.5 Å². The van der Waals surface area contributed by atoms with Crippen molar-refractivity contribution in [3.8, 4) is 0 Å². The number of nitrogens with zero attached hydrogens (tertiary/aromatic N) is 1. The van der Waals surface area contributed by atoms with Crippen LogP contribution in [-0.2, 0) is 20.8 Å². The van der Waals surface area contributed by atoms with Gasteiger partial charge in [-0.15, -0.1) is 0 Å². The highest BCUT2D eigenvalue weighted by Gasteiger charge is 2.40. The van der Waals surface area contributed by atoms with E-state index in [2.05, 4.69) is 5.32 Å². The summed E-state index contributed by atoms with van der Waals surface area (Å²) in [6.45, 7) is 3.14. The smallest absolute Gasteiger partial charge is 0.411 e. The Balaban J connectivity index is 1.72. The second-order valence-electron chi connectivity index (χ2n) is 7.27. The maximum absolute atomic E-state index is 12.4. The monoisotopic (exact) mass is 450 g/mol. The van der Waals surface area contributed by atoms with Gasteiger partial charge >= 0.3 is 6.09 Å². The number of hydrogen-bond donors (Lipinski definition) is 1. The van der Waals surface area contributed by atoms with Gasteiger partial charge < -0.3 is 14.4 Å². The van der Waals surface area contributed by atoms with E-state index < -0.39 is 11.6 Å². The highest BCUT2D eigenvalue weighted by molar-refractivity contribution is 6.32. The number of carbonyl (C=O) groups is 2. The molecule has 2 amide bonds. The molecule has 6 nitrogen and oxygen atoms in total. The van der Waals surface area contributed by atoms with Crippen molar-refractivity contribution in [3.05, 3.63) is 63.6 Å². The molecule has 0 atom stereocenters. The fourth-order valence-corrected chi connectivity index (χ4v) is 3.85. The summed E-state index contributed by atoms with van der Waals surface area (Å²) in [5.41, 5.74) is 1.50. The Morgan fingerprint density at radius 2 is 1.87 bits per heavy atom. The van der Waals surface area contributed by atoms with Gasteiger partial charge in [0.05, 0.1) is 5.54 Å². The molecular formula is C22H24Cl2N2O4. The summed E-state index contributed by atoms with van der Waals surface area (Å²) in [4.78, 5) is 26.1. The number of amides is 2. The predicted octanol–water partition coefficient (Wildman–Crippen LogP) is 5.06. The van der Waals surface area contributed by atoms with Gasteiger partial charge in [0.25, 0.3) is 0 Å². The molecule has 1 heterocycles. The molecule has 0 unspecified atom stereocenters. The zero-order chi connectivity index (χ0) is 21.6. The van der Waals surface area contributed by atoms with Crippen LogP contribution in [0.5, 0.6) is 0 Å². The Morgan fingerprint density at radius 3 is 2.57 bits per heavy atom. The number of carbonyl (C=O) groups excluding carboxylic acids is 2. The van der Waals surface area contributed by atoms with Crippen LogP contribution in [0.2, 0.25) is 10.0 Å². The maximum Gasteiger partial charge on any atom is 0.411 e. The molecule has 0 bridgehead atoms. The van der Waals surface area contributed by atoms with E-state index >= 15 is 0 Å². The van der Waals surface area contributed by atoms with Gasteiger partial charge in [-0.3, -0.25) is 10.1 Å². The van der Waals surface area contributed by atoms with Gasteiger partial charge in [0.15, 0.2) is 0 Å². The number of anilines is 1. The third kappa shape index (κ3) is 5.25. The van der Waals surface area contributed by atoms with E-state index in [1.165, 1.54) is 0 Å². The quantitative estimate of drug-likeness (QED) is 0.598. The van der Waals surface area contributed by atoms with Crippen LogP contribution in [0.3, 0.4) is 0 Å². The largest absolute Gasteiger partial charge is 0.447 e. The van der Waals surface area contributed by atoms with Gasteiger partial charge in [-0.25, -0.2) is 4.79 Å². The fourth-order valence-electron chi connectivity index (χ4n) is 3.48. The van der Waals surface area contributed by atoms with E-state index in [9.17, 15) is 9.59 Å². The first kappa shape index (κ1) is 22.4. The highest BCUT2D eigenvalue weighted by Crippen LogP contribution is 2.31. The molecule has 0 saturated carbocycles. The molecule has 0 aliphatic carbocycles. The molecular weight excluding hydrogens is 427 g/mol. The van der Waals surface area contributed by atoms with Crippen LogP contribution in [0, 0.1) is 6.92 Å². The molecule has 1 aliphatic heterocycles. The Kier molecular flexibility index (Phi) is 7.58. The molecule has 8 heteroatoms. The van der Waals surface area contributed by atoms with Crippen LogP contribution in [0.1, 0.15) is 24.0 Å². The lowest BCUT2D eigenvalue weighted by atomic mass is 9.88. The SMILES string of the molecule is Cc1c(Cl)cccc1NC(=O)OCC1(N(C=O)Cc2ccccc2Cl)CCOCC1. The lowest BCUT2D eigenvalue weighted by Crippen LogP contribution is -2.55. The van der Waals surface area contributed by atoms with E-state index in [0.29, 0.717) is 48.3 Å². The average molecular weight is 451 g/mol. The molecule has 1 aliphatic rings. The molecule has 0 radical (unpaired) electrons. The third-order valence-corrected chi connectivity index (χ3v) is 6.21. The Labute approximate surface area is 186 Å². The molecule has 0 spiro atoms. The number of benzene rings is 2. The lowest BCUT2D eigenvalue weighted by Gasteiger charge is -2.44. The highest BCUT2D eigenvalue weighted by atomic mass is 35.5. The number of rotatable bonds is 7. The topological polar surface area (TPSA) is 67.9 Å². The van der Waals surface area contributed by atoms with Crippen molar-refractivity contribution in [2.45, 2.75) is 31.8 Å². The summed E-state index contributed by atoms with van der Waals surface area (Å²) in [6.07, 6.45) is 1.30. The lowest BCUT2D eigenvalue weighted by molar-refractivity contribution is -0.132. The number of ether oxygens (including phenoxy) is 2. The Morgan fingerprint density at radius 1 is 1.17 bits per heavy atom. The number of halogens is 2. The third-order valence-electron chi connectivity index (χ3n) is 5.43. The minimum absolute atomic E-state index is 0.0466. The summed E-state index contributed by atoms with van der Waals surface area (Å²) in [6, 6.07) is 12.6. The van der Waals surface area contributed by atoms with E-state index in [-0.39, 0.29) is 6.61 Å². The summed E-state index contributed by atoms with van der Waals surface area (Å²) in [7, 11) is 0. The molecule has 0 aromatic heterocycles. The summed E-state index contributed by atoms with van der Waals surface area (Å²) >= 11 is 12.4. The molecule has 1 fully saturated rings. The molecule has 160 valence electrons. The Hall–Kier alpha value is -2.28.